The monoisotopic (exact) mass is 424 g/mol. The summed E-state index contributed by atoms with van der Waals surface area (Å²) in [6.07, 6.45) is 0.937. The molecule has 0 spiro atoms. The highest BCUT2D eigenvalue weighted by Crippen LogP contribution is 2.18. The lowest BCUT2D eigenvalue weighted by molar-refractivity contribution is -0.154. The van der Waals surface area contributed by atoms with Gasteiger partial charge >= 0.3 is 22.0 Å². The van der Waals surface area contributed by atoms with Crippen LogP contribution < -0.4 is 9.61 Å². The third-order valence-electron chi connectivity index (χ3n) is 3.22. The summed E-state index contributed by atoms with van der Waals surface area (Å²) in [6.45, 7) is 1.63. The van der Waals surface area contributed by atoms with Crippen molar-refractivity contribution in [3.05, 3.63) is 64.7 Å². The van der Waals surface area contributed by atoms with Crippen LogP contribution in [-0.2, 0) is 24.4 Å². The molecule has 2 rings (SSSR count). The fourth-order valence-electron chi connectivity index (χ4n) is 2.10. The fraction of sp³-hybridized carbons (Fsp3) is 0.167. The SMILES string of the molecule is CCOC(=O)C(=O)N/N=C(\c1ccc(Cl)cc1)c1ccc(OS(C)(=O)=O)cc1. The van der Waals surface area contributed by atoms with Crippen molar-refractivity contribution in [3.63, 3.8) is 0 Å². The van der Waals surface area contributed by atoms with Crippen LogP contribution in [0.1, 0.15) is 18.1 Å². The number of nitrogens with zero attached hydrogens (tertiary/aromatic N) is 1. The Balaban J connectivity index is 2.35. The molecule has 0 aliphatic rings. The summed E-state index contributed by atoms with van der Waals surface area (Å²) in [7, 11) is -3.66. The molecule has 0 bridgehead atoms. The molecular weight excluding hydrogens is 408 g/mol. The summed E-state index contributed by atoms with van der Waals surface area (Å²) in [4.78, 5) is 23.2. The highest BCUT2D eigenvalue weighted by atomic mass is 35.5. The number of rotatable bonds is 6. The highest BCUT2D eigenvalue weighted by Gasteiger charge is 2.15. The van der Waals surface area contributed by atoms with Gasteiger partial charge < -0.3 is 8.92 Å². The maximum Gasteiger partial charge on any atom is 0.398 e. The first-order chi connectivity index (χ1) is 13.2. The Kier molecular flexibility index (Phi) is 7.13. The van der Waals surface area contributed by atoms with E-state index in [-0.39, 0.29) is 12.4 Å². The van der Waals surface area contributed by atoms with Gasteiger partial charge in [0, 0.05) is 16.1 Å². The zero-order valence-corrected chi connectivity index (χ0v) is 16.6. The molecule has 0 aliphatic heterocycles. The van der Waals surface area contributed by atoms with Gasteiger partial charge in [-0.2, -0.15) is 13.5 Å². The average molecular weight is 425 g/mol. The Hall–Kier alpha value is -2.91. The Morgan fingerprint density at radius 3 is 2.07 bits per heavy atom. The molecule has 0 saturated carbocycles. The summed E-state index contributed by atoms with van der Waals surface area (Å²) >= 11 is 5.90. The van der Waals surface area contributed by atoms with E-state index in [1.807, 2.05) is 0 Å². The Morgan fingerprint density at radius 2 is 1.57 bits per heavy atom. The molecule has 10 heteroatoms. The second kappa shape index (κ2) is 9.34. The van der Waals surface area contributed by atoms with E-state index in [4.69, 9.17) is 15.8 Å². The summed E-state index contributed by atoms with van der Waals surface area (Å²) in [5, 5.41) is 4.53. The molecule has 2 aromatic rings. The number of nitrogens with one attached hydrogen (secondary N) is 1. The minimum Gasteiger partial charge on any atom is -0.459 e. The third kappa shape index (κ3) is 6.36. The molecule has 1 N–H and O–H groups in total. The van der Waals surface area contributed by atoms with Gasteiger partial charge in [-0.3, -0.25) is 4.79 Å². The molecule has 0 atom stereocenters. The van der Waals surface area contributed by atoms with E-state index in [0.717, 1.165) is 6.26 Å². The van der Waals surface area contributed by atoms with Crippen LogP contribution in [0.3, 0.4) is 0 Å². The van der Waals surface area contributed by atoms with Gasteiger partial charge in [-0.25, -0.2) is 10.2 Å². The zero-order valence-electron chi connectivity index (χ0n) is 15.0. The molecule has 0 unspecified atom stereocenters. The molecule has 0 aliphatic carbocycles. The van der Waals surface area contributed by atoms with Gasteiger partial charge in [0.1, 0.15) is 5.75 Å². The van der Waals surface area contributed by atoms with Crippen molar-refractivity contribution in [1.29, 1.82) is 0 Å². The molecule has 2 aromatic carbocycles. The van der Waals surface area contributed by atoms with E-state index in [1.165, 1.54) is 12.1 Å². The first-order valence-corrected chi connectivity index (χ1v) is 10.2. The number of halogens is 1. The fourth-order valence-corrected chi connectivity index (χ4v) is 2.68. The minimum absolute atomic E-state index is 0.0573. The van der Waals surface area contributed by atoms with Crippen LogP contribution in [0, 0.1) is 0 Å². The van der Waals surface area contributed by atoms with E-state index in [9.17, 15) is 18.0 Å². The molecule has 0 aromatic heterocycles. The summed E-state index contributed by atoms with van der Waals surface area (Å²) < 4.78 is 31.8. The highest BCUT2D eigenvalue weighted by molar-refractivity contribution is 7.86. The van der Waals surface area contributed by atoms with E-state index < -0.39 is 22.0 Å². The lowest BCUT2D eigenvalue weighted by atomic mass is 10.0. The Labute approximate surface area is 167 Å². The number of ether oxygens (including phenoxy) is 1. The summed E-state index contributed by atoms with van der Waals surface area (Å²) in [6, 6.07) is 12.6. The maximum atomic E-state index is 11.8. The van der Waals surface area contributed by atoms with Crippen molar-refractivity contribution in [2.75, 3.05) is 12.9 Å². The van der Waals surface area contributed by atoms with Crippen LogP contribution in [0.5, 0.6) is 5.75 Å². The lowest BCUT2D eigenvalue weighted by Crippen LogP contribution is -2.30. The number of esters is 1. The molecule has 0 radical (unpaired) electrons. The molecule has 0 fully saturated rings. The summed E-state index contributed by atoms with van der Waals surface area (Å²) in [5.74, 6) is -1.96. The molecule has 0 saturated heterocycles. The standard InChI is InChI=1S/C18H17ClN2O6S/c1-3-26-18(23)17(22)21-20-16(12-4-8-14(19)9-5-12)13-6-10-15(11-7-13)27-28(2,24)25/h4-11H,3H2,1-2H3,(H,21,22)/b20-16+. The van der Waals surface area contributed by atoms with Crippen LogP contribution in [-0.4, -0.2) is 38.9 Å². The first-order valence-electron chi connectivity index (χ1n) is 8.00. The Morgan fingerprint density at radius 1 is 1.04 bits per heavy atom. The molecule has 28 heavy (non-hydrogen) atoms. The van der Waals surface area contributed by atoms with Crippen LogP contribution in [0.15, 0.2) is 53.6 Å². The zero-order chi connectivity index (χ0) is 20.7. The lowest BCUT2D eigenvalue weighted by Gasteiger charge is -2.09. The van der Waals surface area contributed by atoms with Crippen LogP contribution in [0.4, 0.5) is 0 Å². The Bertz CT molecular complexity index is 986. The van der Waals surface area contributed by atoms with E-state index in [0.29, 0.717) is 21.9 Å². The number of carbonyl (C=O) groups excluding carboxylic acids is 2. The van der Waals surface area contributed by atoms with Gasteiger partial charge in [-0.15, -0.1) is 0 Å². The molecular formula is C18H17ClN2O6S. The second-order valence-corrected chi connectivity index (χ2v) is 7.45. The van der Waals surface area contributed by atoms with Crippen LogP contribution >= 0.6 is 11.6 Å². The third-order valence-corrected chi connectivity index (χ3v) is 3.97. The number of hydrogen-bond acceptors (Lipinski definition) is 7. The number of benzene rings is 2. The molecule has 8 nitrogen and oxygen atoms in total. The van der Waals surface area contributed by atoms with Crippen LogP contribution in [0.25, 0.3) is 0 Å². The second-order valence-electron chi connectivity index (χ2n) is 5.44. The van der Waals surface area contributed by atoms with Crippen molar-refractivity contribution < 1.29 is 26.9 Å². The first kappa shape index (κ1) is 21.4. The largest absolute Gasteiger partial charge is 0.459 e. The minimum atomic E-state index is -3.66. The van der Waals surface area contributed by atoms with E-state index >= 15 is 0 Å². The quantitative estimate of drug-likeness (QED) is 0.250. The molecule has 0 heterocycles. The van der Waals surface area contributed by atoms with Gasteiger partial charge in [0.05, 0.1) is 18.6 Å². The number of carbonyl (C=O) groups is 2. The smallest absolute Gasteiger partial charge is 0.398 e. The van der Waals surface area contributed by atoms with Crippen molar-refractivity contribution >= 4 is 39.3 Å². The number of amides is 1. The molecule has 148 valence electrons. The topological polar surface area (TPSA) is 111 Å². The summed E-state index contributed by atoms with van der Waals surface area (Å²) in [5.41, 5.74) is 3.60. The number of hydrogen-bond donors (Lipinski definition) is 1. The van der Waals surface area contributed by atoms with Crippen LogP contribution in [0.2, 0.25) is 5.02 Å². The van der Waals surface area contributed by atoms with Crippen molar-refractivity contribution in [1.82, 2.24) is 5.43 Å². The predicted molar refractivity (Wildman–Crippen MR) is 104 cm³/mol. The van der Waals surface area contributed by atoms with Gasteiger partial charge in [-0.05, 0) is 43.3 Å². The van der Waals surface area contributed by atoms with Crippen molar-refractivity contribution in [2.24, 2.45) is 5.10 Å². The van der Waals surface area contributed by atoms with Gasteiger partial charge in [-0.1, -0.05) is 23.7 Å². The van der Waals surface area contributed by atoms with Gasteiger partial charge in [0.25, 0.3) is 0 Å². The molecule has 1 amide bonds. The predicted octanol–water partition coefficient (Wildman–Crippen LogP) is 2.11. The van der Waals surface area contributed by atoms with E-state index in [1.54, 1.807) is 43.3 Å². The van der Waals surface area contributed by atoms with Crippen molar-refractivity contribution in [3.8, 4) is 5.75 Å². The van der Waals surface area contributed by atoms with Gasteiger partial charge in [0.2, 0.25) is 0 Å². The van der Waals surface area contributed by atoms with E-state index in [2.05, 4.69) is 15.3 Å². The maximum absolute atomic E-state index is 11.8. The average Bonchev–Trinajstić information content (AvgIpc) is 2.63. The normalized spacial score (nSPS) is 11.6. The number of hydrazone groups is 1. The van der Waals surface area contributed by atoms with Crippen molar-refractivity contribution in [2.45, 2.75) is 6.92 Å². The van der Waals surface area contributed by atoms with Gasteiger partial charge in [0.15, 0.2) is 0 Å².